The van der Waals surface area contributed by atoms with E-state index in [-0.39, 0.29) is 13.2 Å². The molecule has 1 rings (SSSR count). The molecule has 0 aliphatic carbocycles. The maximum Gasteiger partial charge on any atom is 0.365 e. The second kappa shape index (κ2) is 11.9. The van der Waals surface area contributed by atoms with Gasteiger partial charge in [-0.25, -0.2) is 0 Å². The third kappa shape index (κ3) is 7.42. The zero-order chi connectivity index (χ0) is 18.8. The van der Waals surface area contributed by atoms with Gasteiger partial charge in [-0.2, -0.15) is 0 Å². The summed E-state index contributed by atoms with van der Waals surface area (Å²) in [6.07, 6.45) is 1.51. The highest BCUT2D eigenvalue weighted by molar-refractivity contribution is 8.99. The van der Waals surface area contributed by atoms with Crippen LogP contribution in [0.3, 0.4) is 0 Å². The SMILES string of the molecule is CCOP(=O)(OCC)C(=COP(=S)(SCC)SCC)c1ccccc1. The van der Waals surface area contributed by atoms with E-state index in [1.165, 1.54) is 6.26 Å². The van der Waals surface area contributed by atoms with E-state index in [1.54, 1.807) is 36.6 Å². The maximum atomic E-state index is 13.3. The Hall–Kier alpha value is 0.260. The zero-order valence-corrected chi connectivity index (χ0v) is 19.3. The van der Waals surface area contributed by atoms with E-state index in [2.05, 4.69) is 13.8 Å². The highest BCUT2D eigenvalue weighted by Crippen LogP contribution is 2.71. The van der Waals surface area contributed by atoms with Gasteiger partial charge in [-0.3, -0.25) is 4.57 Å². The molecule has 0 saturated heterocycles. The van der Waals surface area contributed by atoms with Crippen molar-refractivity contribution in [3.63, 3.8) is 0 Å². The van der Waals surface area contributed by atoms with Crippen LogP contribution in [0.15, 0.2) is 36.6 Å². The fraction of sp³-hybridized carbons (Fsp3) is 0.500. The Kier molecular flexibility index (Phi) is 11.1. The summed E-state index contributed by atoms with van der Waals surface area (Å²) in [6.45, 7) is 8.25. The summed E-state index contributed by atoms with van der Waals surface area (Å²) >= 11 is 8.98. The van der Waals surface area contributed by atoms with Gasteiger partial charge in [0.25, 0.3) is 0 Å². The summed E-state index contributed by atoms with van der Waals surface area (Å²) in [5.41, 5.74) is 0.747. The molecule has 0 fully saturated rings. The van der Waals surface area contributed by atoms with Crippen molar-refractivity contribution < 1.29 is 18.1 Å². The molecular formula is C16H26O4P2S3. The second-order valence-electron chi connectivity index (χ2n) is 4.59. The summed E-state index contributed by atoms with van der Waals surface area (Å²) in [5, 5.41) is 0.416. The van der Waals surface area contributed by atoms with Crippen LogP contribution in [0, 0.1) is 0 Å². The van der Waals surface area contributed by atoms with Crippen molar-refractivity contribution in [1.82, 2.24) is 0 Å². The lowest BCUT2D eigenvalue weighted by molar-refractivity contribution is 0.230. The standard InChI is InChI=1S/C16H26O4P2S3/c1-5-18-21(17,19-6-2)16(15-12-10-9-11-13-15)14-20-22(23,24-7-3)25-8-4/h9-14H,5-8H2,1-4H3. The maximum absolute atomic E-state index is 13.3. The van der Waals surface area contributed by atoms with Gasteiger partial charge in [0.2, 0.25) is 4.67 Å². The molecule has 0 N–H and O–H groups in total. The van der Waals surface area contributed by atoms with E-state index >= 15 is 0 Å². The fourth-order valence-electron chi connectivity index (χ4n) is 1.94. The molecule has 0 heterocycles. The Morgan fingerprint density at radius 1 is 1.04 bits per heavy atom. The van der Waals surface area contributed by atoms with E-state index < -0.39 is 12.3 Å². The molecule has 0 aromatic heterocycles. The van der Waals surface area contributed by atoms with Crippen LogP contribution in [-0.2, 0) is 29.9 Å². The molecule has 0 aliphatic heterocycles. The van der Waals surface area contributed by atoms with Gasteiger partial charge in [-0.1, -0.05) is 66.9 Å². The Balaban J connectivity index is 3.31. The monoisotopic (exact) mass is 440 g/mol. The van der Waals surface area contributed by atoms with Crippen LogP contribution in [-0.4, -0.2) is 24.7 Å². The summed E-state index contributed by atoms with van der Waals surface area (Å²) in [7, 11) is -3.49. The molecule has 0 radical (unpaired) electrons. The highest BCUT2D eigenvalue weighted by atomic mass is 33.2. The van der Waals surface area contributed by atoms with Crippen molar-refractivity contribution in [1.29, 1.82) is 0 Å². The third-order valence-electron chi connectivity index (χ3n) is 2.83. The summed E-state index contributed by atoms with van der Waals surface area (Å²) in [4.78, 5) is 0. The first-order valence-electron chi connectivity index (χ1n) is 8.17. The van der Waals surface area contributed by atoms with Crippen molar-refractivity contribution in [2.45, 2.75) is 27.7 Å². The first kappa shape index (κ1) is 23.3. The number of hydrogen-bond acceptors (Lipinski definition) is 7. The van der Waals surface area contributed by atoms with Crippen LogP contribution >= 0.6 is 35.0 Å². The average Bonchev–Trinajstić information content (AvgIpc) is 2.57. The van der Waals surface area contributed by atoms with Crippen LogP contribution < -0.4 is 0 Å². The van der Waals surface area contributed by atoms with Crippen molar-refractivity contribution in [2.75, 3.05) is 24.7 Å². The van der Waals surface area contributed by atoms with Crippen molar-refractivity contribution >= 4 is 52.1 Å². The summed E-state index contributed by atoms with van der Waals surface area (Å²) in [6, 6.07) is 9.39. The Labute approximate surface area is 164 Å². The van der Waals surface area contributed by atoms with Gasteiger partial charge in [0, 0.05) is 0 Å². The third-order valence-corrected chi connectivity index (χ3v) is 14.5. The highest BCUT2D eigenvalue weighted by Gasteiger charge is 2.32. The first-order valence-corrected chi connectivity index (χ1v) is 15.6. The smallest absolute Gasteiger partial charge is 0.365 e. The molecule has 0 saturated carbocycles. The van der Waals surface area contributed by atoms with E-state index in [1.807, 2.05) is 30.3 Å². The lowest BCUT2D eigenvalue weighted by Crippen LogP contribution is -1.99. The molecule has 1 aromatic rings. The average molecular weight is 441 g/mol. The molecule has 0 bridgehead atoms. The predicted octanol–water partition coefficient (Wildman–Crippen LogP) is 7.00. The number of rotatable bonds is 12. The van der Waals surface area contributed by atoms with E-state index in [0.29, 0.717) is 5.31 Å². The quantitative estimate of drug-likeness (QED) is 0.256. The summed E-state index contributed by atoms with van der Waals surface area (Å²) < 4.78 is 28.2. The normalized spacial score (nSPS) is 13.0. The number of hydrogen-bond donors (Lipinski definition) is 0. The van der Waals surface area contributed by atoms with Crippen molar-refractivity contribution in [2.24, 2.45) is 0 Å². The van der Waals surface area contributed by atoms with Crippen LogP contribution in [0.2, 0.25) is 0 Å². The molecular weight excluding hydrogens is 414 g/mol. The molecule has 1 aromatic carbocycles. The number of benzene rings is 1. The van der Waals surface area contributed by atoms with E-state index in [9.17, 15) is 4.57 Å². The van der Waals surface area contributed by atoms with Crippen LogP contribution in [0.5, 0.6) is 0 Å². The lowest BCUT2D eigenvalue weighted by atomic mass is 10.2. The Morgan fingerprint density at radius 2 is 1.56 bits per heavy atom. The molecule has 0 atom stereocenters. The second-order valence-corrected chi connectivity index (χ2v) is 17.6. The molecule has 25 heavy (non-hydrogen) atoms. The zero-order valence-electron chi connectivity index (χ0n) is 15.0. The molecule has 0 unspecified atom stereocenters. The minimum atomic E-state index is -3.49. The van der Waals surface area contributed by atoms with Crippen molar-refractivity contribution in [3.8, 4) is 0 Å². The minimum absolute atomic E-state index is 0.281. The Bertz CT molecular complexity index is 618. The molecule has 0 aliphatic rings. The molecule has 9 heteroatoms. The minimum Gasteiger partial charge on any atom is -0.455 e. The topological polar surface area (TPSA) is 44.8 Å². The van der Waals surface area contributed by atoms with Crippen molar-refractivity contribution in [3.05, 3.63) is 42.2 Å². The van der Waals surface area contributed by atoms with Gasteiger partial charge in [-0.15, -0.1) is 0 Å². The molecule has 4 nitrogen and oxygen atoms in total. The molecule has 0 amide bonds. The van der Waals surface area contributed by atoms with Gasteiger partial charge < -0.3 is 13.6 Å². The largest absolute Gasteiger partial charge is 0.455 e. The van der Waals surface area contributed by atoms with E-state index in [0.717, 1.165) is 17.1 Å². The van der Waals surface area contributed by atoms with Crippen LogP contribution in [0.25, 0.3) is 5.31 Å². The van der Waals surface area contributed by atoms with Gasteiger partial charge in [0.05, 0.1) is 13.2 Å². The fourth-order valence-corrected chi connectivity index (χ4v) is 12.1. The van der Waals surface area contributed by atoms with Gasteiger partial charge in [-0.05, 0) is 42.7 Å². The van der Waals surface area contributed by atoms with Crippen LogP contribution in [0.4, 0.5) is 0 Å². The first-order chi connectivity index (χ1) is 11.9. The van der Waals surface area contributed by atoms with Gasteiger partial charge in [0.15, 0.2) is 0 Å². The molecule has 0 spiro atoms. The summed E-state index contributed by atoms with van der Waals surface area (Å²) in [5.74, 6) is 1.74. The van der Waals surface area contributed by atoms with Crippen LogP contribution in [0.1, 0.15) is 33.3 Å². The van der Waals surface area contributed by atoms with E-state index in [4.69, 9.17) is 25.4 Å². The van der Waals surface area contributed by atoms with Gasteiger partial charge >= 0.3 is 7.60 Å². The Morgan fingerprint density at radius 3 is 2.00 bits per heavy atom. The van der Waals surface area contributed by atoms with Gasteiger partial charge in [0.1, 0.15) is 11.6 Å². The predicted molar refractivity (Wildman–Crippen MR) is 117 cm³/mol. The molecule has 142 valence electrons. The lowest BCUT2D eigenvalue weighted by Gasteiger charge is -2.23.